The number of nitrogens with one attached hydrogen (secondary N) is 2. The molecule has 0 aliphatic heterocycles. The predicted octanol–water partition coefficient (Wildman–Crippen LogP) is 1.11. The standard InChI is InChI=1S/C11H20N4O2/c1-5-8(6-2)12-9-13-10(16)15(7(3)4)11(17)14-9/h7-8H,5-6H2,1-4H3,(H2,12,13,14,16,17). The molecule has 0 saturated heterocycles. The summed E-state index contributed by atoms with van der Waals surface area (Å²) < 4.78 is 1.10. The summed E-state index contributed by atoms with van der Waals surface area (Å²) in [6.07, 6.45) is 1.82. The average Bonchev–Trinajstić information content (AvgIpc) is 2.24. The summed E-state index contributed by atoms with van der Waals surface area (Å²) >= 11 is 0. The van der Waals surface area contributed by atoms with Crippen LogP contribution in [-0.4, -0.2) is 20.6 Å². The topological polar surface area (TPSA) is 79.8 Å². The minimum Gasteiger partial charge on any atom is -0.353 e. The van der Waals surface area contributed by atoms with E-state index in [1.54, 1.807) is 13.8 Å². The SMILES string of the molecule is CCC(CC)Nc1nc(=O)n(C(C)C)c(=O)[nH]1. The highest BCUT2D eigenvalue weighted by molar-refractivity contribution is 5.22. The van der Waals surface area contributed by atoms with E-state index in [0.29, 0.717) is 0 Å². The molecule has 6 heteroatoms. The van der Waals surface area contributed by atoms with Gasteiger partial charge in [0, 0.05) is 12.1 Å². The van der Waals surface area contributed by atoms with Crippen LogP contribution in [-0.2, 0) is 0 Å². The van der Waals surface area contributed by atoms with E-state index < -0.39 is 11.4 Å². The molecule has 2 N–H and O–H groups in total. The molecule has 1 aromatic heterocycles. The van der Waals surface area contributed by atoms with Gasteiger partial charge in [0.15, 0.2) is 0 Å². The van der Waals surface area contributed by atoms with Crippen LogP contribution in [0.2, 0.25) is 0 Å². The molecule has 0 unspecified atom stereocenters. The van der Waals surface area contributed by atoms with E-state index >= 15 is 0 Å². The normalized spacial score (nSPS) is 11.2. The van der Waals surface area contributed by atoms with Crippen LogP contribution in [0.15, 0.2) is 9.59 Å². The highest BCUT2D eigenvalue weighted by Crippen LogP contribution is 2.03. The van der Waals surface area contributed by atoms with E-state index in [9.17, 15) is 9.59 Å². The zero-order chi connectivity index (χ0) is 13.0. The van der Waals surface area contributed by atoms with E-state index in [1.165, 1.54) is 0 Å². The first-order chi connectivity index (χ1) is 7.99. The summed E-state index contributed by atoms with van der Waals surface area (Å²) in [5.74, 6) is 0.255. The molecule has 17 heavy (non-hydrogen) atoms. The average molecular weight is 240 g/mol. The third kappa shape index (κ3) is 3.18. The quantitative estimate of drug-likeness (QED) is 0.808. The van der Waals surface area contributed by atoms with Gasteiger partial charge in [0.2, 0.25) is 5.95 Å². The van der Waals surface area contributed by atoms with Crippen molar-refractivity contribution in [1.29, 1.82) is 0 Å². The molecule has 0 aliphatic carbocycles. The lowest BCUT2D eigenvalue weighted by molar-refractivity contribution is 0.528. The van der Waals surface area contributed by atoms with E-state index in [-0.39, 0.29) is 18.0 Å². The third-order valence-corrected chi connectivity index (χ3v) is 2.70. The zero-order valence-electron chi connectivity index (χ0n) is 10.8. The second-order valence-electron chi connectivity index (χ2n) is 4.29. The highest BCUT2D eigenvalue weighted by atomic mass is 16.2. The van der Waals surface area contributed by atoms with Crippen LogP contribution in [0.25, 0.3) is 0 Å². The second kappa shape index (κ2) is 5.65. The third-order valence-electron chi connectivity index (χ3n) is 2.70. The lowest BCUT2D eigenvalue weighted by Crippen LogP contribution is -2.39. The summed E-state index contributed by atoms with van der Waals surface area (Å²) in [6.45, 7) is 7.61. The molecule has 6 nitrogen and oxygen atoms in total. The number of anilines is 1. The van der Waals surface area contributed by atoms with E-state index in [4.69, 9.17) is 0 Å². The van der Waals surface area contributed by atoms with Gasteiger partial charge in [-0.15, -0.1) is 0 Å². The van der Waals surface area contributed by atoms with Crippen molar-refractivity contribution in [3.05, 3.63) is 21.0 Å². The lowest BCUT2D eigenvalue weighted by Gasteiger charge is -2.15. The molecule has 0 atom stereocenters. The summed E-state index contributed by atoms with van der Waals surface area (Å²) in [4.78, 5) is 29.8. The molecule has 96 valence electrons. The molecule has 1 aromatic rings. The molecular weight excluding hydrogens is 220 g/mol. The fourth-order valence-electron chi connectivity index (χ4n) is 1.64. The number of aromatic nitrogens is 3. The Kier molecular flexibility index (Phi) is 4.48. The van der Waals surface area contributed by atoms with Crippen molar-refractivity contribution in [2.75, 3.05) is 5.32 Å². The predicted molar refractivity (Wildman–Crippen MR) is 67.5 cm³/mol. The van der Waals surface area contributed by atoms with Gasteiger partial charge in [-0.3, -0.25) is 4.98 Å². The molecule has 0 bridgehead atoms. The van der Waals surface area contributed by atoms with Gasteiger partial charge in [-0.2, -0.15) is 4.98 Å². The maximum atomic E-state index is 11.7. The molecule has 1 heterocycles. The van der Waals surface area contributed by atoms with Crippen molar-refractivity contribution in [3.8, 4) is 0 Å². The van der Waals surface area contributed by atoms with Crippen LogP contribution < -0.4 is 16.7 Å². The first-order valence-corrected chi connectivity index (χ1v) is 5.98. The van der Waals surface area contributed by atoms with Crippen molar-refractivity contribution in [1.82, 2.24) is 14.5 Å². The van der Waals surface area contributed by atoms with Gasteiger partial charge in [-0.1, -0.05) is 13.8 Å². The van der Waals surface area contributed by atoms with Crippen LogP contribution in [0.3, 0.4) is 0 Å². The summed E-state index contributed by atoms with van der Waals surface area (Å²) in [5.41, 5.74) is -0.939. The maximum absolute atomic E-state index is 11.7. The number of nitrogens with zero attached hydrogens (tertiary/aromatic N) is 2. The smallest absolute Gasteiger partial charge is 0.353 e. The first-order valence-electron chi connectivity index (χ1n) is 5.98. The van der Waals surface area contributed by atoms with Crippen LogP contribution in [0, 0.1) is 0 Å². The first kappa shape index (κ1) is 13.5. The Bertz CT molecular complexity index is 440. The largest absolute Gasteiger partial charge is 0.355 e. The molecular formula is C11H20N4O2. The van der Waals surface area contributed by atoms with Gasteiger partial charge in [0.05, 0.1) is 0 Å². The van der Waals surface area contributed by atoms with Crippen molar-refractivity contribution < 1.29 is 0 Å². The molecule has 0 radical (unpaired) electrons. The molecule has 0 spiro atoms. The molecule has 0 amide bonds. The van der Waals surface area contributed by atoms with E-state index in [0.717, 1.165) is 17.4 Å². The Balaban J connectivity index is 3.07. The van der Waals surface area contributed by atoms with Gasteiger partial charge >= 0.3 is 11.4 Å². The number of hydrogen-bond acceptors (Lipinski definition) is 4. The van der Waals surface area contributed by atoms with Crippen molar-refractivity contribution >= 4 is 5.95 Å². The summed E-state index contributed by atoms with van der Waals surface area (Å²) in [6, 6.07) is 0.0217. The van der Waals surface area contributed by atoms with E-state index in [1.807, 2.05) is 13.8 Å². The van der Waals surface area contributed by atoms with Crippen LogP contribution >= 0.6 is 0 Å². The molecule has 0 aliphatic rings. The number of H-pyrrole nitrogens is 1. The Morgan fingerprint density at radius 1 is 1.29 bits per heavy atom. The monoisotopic (exact) mass is 240 g/mol. The Morgan fingerprint density at radius 2 is 1.88 bits per heavy atom. The van der Waals surface area contributed by atoms with Crippen molar-refractivity contribution in [2.45, 2.75) is 52.6 Å². The summed E-state index contributed by atoms with van der Waals surface area (Å²) in [7, 11) is 0. The second-order valence-corrected chi connectivity index (χ2v) is 4.29. The zero-order valence-corrected chi connectivity index (χ0v) is 10.8. The maximum Gasteiger partial charge on any atom is 0.355 e. The van der Waals surface area contributed by atoms with Gasteiger partial charge in [0.25, 0.3) is 0 Å². The van der Waals surface area contributed by atoms with Gasteiger partial charge in [0.1, 0.15) is 0 Å². The molecule has 0 fully saturated rings. The van der Waals surface area contributed by atoms with Crippen LogP contribution in [0.4, 0.5) is 5.95 Å². The minimum atomic E-state index is -0.516. The van der Waals surface area contributed by atoms with Gasteiger partial charge in [-0.05, 0) is 26.7 Å². The van der Waals surface area contributed by atoms with Gasteiger partial charge in [-0.25, -0.2) is 14.2 Å². The number of rotatable bonds is 5. The lowest BCUT2D eigenvalue weighted by atomic mass is 10.2. The Hall–Kier alpha value is -1.59. The fraction of sp³-hybridized carbons (Fsp3) is 0.727. The molecule has 0 aromatic carbocycles. The highest BCUT2D eigenvalue weighted by Gasteiger charge is 2.10. The van der Waals surface area contributed by atoms with Crippen molar-refractivity contribution in [2.24, 2.45) is 0 Å². The molecule has 1 rings (SSSR count). The van der Waals surface area contributed by atoms with Crippen LogP contribution in [0.1, 0.15) is 46.6 Å². The Labute approximate surface area is 100 Å². The number of hydrogen-bond donors (Lipinski definition) is 2. The fourth-order valence-corrected chi connectivity index (χ4v) is 1.64. The number of aromatic amines is 1. The molecule has 0 saturated carbocycles. The van der Waals surface area contributed by atoms with Gasteiger partial charge < -0.3 is 5.32 Å². The van der Waals surface area contributed by atoms with Crippen LogP contribution in [0.5, 0.6) is 0 Å². The summed E-state index contributed by atoms with van der Waals surface area (Å²) in [5, 5.41) is 3.05. The van der Waals surface area contributed by atoms with E-state index in [2.05, 4.69) is 15.3 Å². The minimum absolute atomic E-state index is 0.194. The van der Waals surface area contributed by atoms with Crippen molar-refractivity contribution in [3.63, 3.8) is 0 Å². The Morgan fingerprint density at radius 3 is 2.29 bits per heavy atom.